The Bertz CT molecular complexity index is 102. The molecule has 0 bridgehead atoms. The zero-order valence-electron chi connectivity index (χ0n) is 9.48. The summed E-state index contributed by atoms with van der Waals surface area (Å²) in [5, 5.41) is 0. The first kappa shape index (κ1) is 12.0. The van der Waals surface area contributed by atoms with Gasteiger partial charge < -0.3 is 4.90 Å². The number of rotatable bonds is 5. The van der Waals surface area contributed by atoms with Crippen LogP contribution in [0.5, 0.6) is 0 Å². The fraction of sp³-hybridized carbons (Fsp3) is 1.00. The van der Waals surface area contributed by atoms with Crippen LogP contribution in [-0.4, -0.2) is 24.5 Å². The third kappa shape index (κ3) is 6.66. The fourth-order valence-electron chi connectivity index (χ4n) is 1.24. The van der Waals surface area contributed by atoms with Crippen LogP contribution in [0.2, 0.25) is 0 Å². The Labute approximate surface area is 78.1 Å². The molecule has 0 fully saturated rings. The summed E-state index contributed by atoms with van der Waals surface area (Å²) in [6.07, 6.45) is 2.58. The summed E-state index contributed by atoms with van der Waals surface area (Å²) in [7, 11) is 0. The quantitative estimate of drug-likeness (QED) is 0.614. The van der Waals surface area contributed by atoms with Crippen molar-refractivity contribution in [2.75, 3.05) is 19.6 Å². The molecule has 0 aromatic carbocycles. The Morgan fingerprint density at radius 1 is 1.00 bits per heavy atom. The Morgan fingerprint density at radius 3 is 1.92 bits per heavy atom. The standard InChI is InChI=1S/C11H25N/c1-6-9-12(7-2)10-8-11(3,4)5/h6-10H2,1-5H3. The summed E-state index contributed by atoms with van der Waals surface area (Å²) in [6.45, 7) is 15.1. The maximum absolute atomic E-state index is 2.53. The maximum atomic E-state index is 2.53. The lowest BCUT2D eigenvalue weighted by molar-refractivity contribution is 0.237. The lowest BCUT2D eigenvalue weighted by atomic mass is 9.92. The van der Waals surface area contributed by atoms with E-state index in [1.807, 2.05) is 0 Å². The van der Waals surface area contributed by atoms with Crippen LogP contribution in [0.4, 0.5) is 0 Å². The first-order chi connectivity index (χ1) is 5.49. The highest BCUT2D eigenvalue weighted by Crippen LogP contribution is 2.18. The smallest absolute Gasteiger partial charge is 0.00139 e. The highest BCUT2D eigenvalue weighted by Gasteiger charge is 2.11. The molecule has 0 spiro atoms. The summed E-state index contributed by atoms with van der Waals surface area (Å²) >= 11 is 0. The third-order valence-electron chi connectivity index (χ3n) is 2.17. The van der Waals surface area contributed by atoms with Crippen LogP contribution in [-0.2, 0) is 0 Å². The molecule has 0 unspecified atom stereocenters. The van der Waals surface area contributed by atoms with Crippen molar-refractivity contribution in [3.63, 3.8) is 0 Å². The van der Waals surface area contributed by atoms with Gasteiger partial charge in [0.25, 0.3) is 0 Å². The molecule has 0 rings (SSSR count). The van der Waals surface area contributed by atoms with Gasteiger partial charge in [0.15, 0.2) is 0 Å². The van der Waals surface area contributed by atoms with Crippen molar-refractivity contribution in [1.29, 1.82) is 0 Å². The van der Waals surface area contributed by atoms with Gasteiger partial charge in [-0.1, -0.05) is 34.6 Å². The topological polar surface area (TPSA) is 3.24 Å². The SMILES string of the molecule is CCCN(CC)CCC(C)(C)C. The molecular formula is C11H25N. The molecule has 12 heavy (non-hydrogen) atoms. The lowest BCUT2D eigenvalue weighted by Crippen LogP contribution is -2.28. The van der Waals surface area contributed by atoms with Gasteiger partial charge in [-0.3, -0.25) is 0 Å². The minimum absolute atomic E-state index is 0.487. The zero-order valence-corrected chi connectivity index (χ0v) is 9.48. The second-order valence-electron chi connectivity index (χ2n) is 4.74. The second-order valence-corrected chi connectivity index (χ2v) is 4.74. The molecule has 0 atom stereocenters. The molecule has 0 aliphatic carbocycles. The zero-order chi connectivity index (χ0) is 9.61. The second kappa shape index (κ2) is 5.58. The van der Waals surface area contributed by atoms with E-state index in [9.17, 15) is 0 Å². The molecule has 0 aliphatic rings. The van der Waals surface area contributed by atoms with Gasteiger partial charge in [-0.25, -0.2) is 0 Å². The molecule has 74 valence electrons. The normalized spacial score (nSPS) is 12.5. The van der Waals surface area contributed by atoms with Crippen molar-refractivity contribution in [2.45, 2.75) is 47.5 Å². The highest BCUT2D eigenvalue weighted by molar-refractivity contribution is 4.65. The summed E-state index contributed by atoms with van der Waals surface area (Å²) < 4.78 is 0. The van der Waals surface area contributed by atoms with Crippen LogP contribution in [0.3, 0.4) is 0 Å². The van der Waals surface area contributed by atoms with E-state index in [2.05, 4.69) is 39.5 Å². The van der Waals surface area contributed by atoms with Gasteiger partial charge in [-0.05, 0) is 37.9 Å². The molecule has 0 amide bonds. The van der Waals surface area contributed by atoms with Gasteiger partial charge in [0.1, 0.15) is 0 Å². The molecular weight excluding hydrogens is 146 g/mol. The summed E-state index contributed by atoms with van der Waals surface area (Å²) in [4.78, 5) is 2.53. The number of hydrogen-bond acceptors (Lipinski definition) is 1. The van der Waals surface area contributed by atoms with E-state index in [1.54, 1.807) is 0 Å². The van der Waals surface area contributed by atoms with E-state index in [-0.39, 0.29) is 0 Å². The van der Waals surface area contributed by atoms with Gasteiger partial charge in [0, 0.05) is 0 Å². The molecule has 0 aromatic rings. The fourth-order valence-corrected chi connectivity index (χ4v) is 1.24. The van der Waals surface area contributed by atoms with Crippen LogP contribution >= 0.6 is 0 Å². The Hall–Kier alpha value is -0.0400. The minimum atomic E-state index is 0.487. The number of hydrogen-bond donors (Lipinski definition) is 0. The predicted molar refractivity (Wildman–Crippen MR) is 56.5 cm³/mol. The summed E-state index contributed by atoms with van der Waals surface area (Å²) in [5.41, 5.74) is 0.487. The highest BCUT2D eigenvalue weighted by atomic mass is 15.1. The van der Waals surface area contributed by atoms with Gasteiger partial charge in [-0.2, -0.15) is 0 Å². The van der Waals surface area contributed by atoms with Crippen molar-refractivity contribution in [1.82, 2.24) is 4.90 Å². The Morgan fingerprint density at radius 2 is 1.58 bits per heavy atom. The van der Waals surface area contributed by atoms with Crippen molar-refractivity contribution < 1.29 is 0 Å². The van der Waals surface area contributed by atoms with Crippen molar-refractivity contribution >= 4 is 0 Å². The largest absolute Gasteiger partial charge is 0.304 e. The average molecular weight is 171 g/mol. The molecule has 0 saturated heterocycles. The molecule has 0 aliphatic heterocycles. The molecule has 0 N–H and O–H groups in total. The molecule has 0 radical (unpaired) electrons. The average Bonchev–Trinajstić information content (AvgIpc) is 1.96. The van der Waals surface area contributed by atoms with Crippen molar-refractivity contribution in [3.05, 3.63) is 0 Å². The summed E-state index contributed by atoms with van der Waals surface area (Å²) in [6, 6.07) is 0. The predicted octanol–water partition coefficient (Wildman–Crippen LogP) is 3.15. The molecule has 0 aromatic heterocycles. The van der Waals surface area contributed by atoms with Gasteiger partial charge in [0.2, 0.25) is 0 Å². The van der Waals surface area contributed by atoms with E-state index in [4.69, 9.17) is 0 Å². The van der Waals surface area contributed by atoms with Crippen LogP contribution in [0.1, 0.15) is 47.5 Å². The third-order valence-corrected chi connectivity index (χ3v) is 2.17. The van der Waals surface area contributed by atoms with Crippen LogP contribution < -0.4 is 0 Å². The lowest BCUT2D eigenvalue weighted by Gasteiger charge is -2.25. The van der Waals surface area contributed by atoms with Gasteiger partial charge in [0.05, 0.1) is 0 Å². The molecule has 1 nitrogen and oxygen atoms in total. The first-order valence-corrected chi connectivity index (χ1v) is 5.22. The van der Waals surface area contributed by atoms with Crippen LogP contribution in [0.15, 0.2) is 0 Å². The first-order valence-electron chi connectivity index (χ1n) is 5.22. The van der Waals surface area contributed by atoms with Crippen LogP contribution in [0.25, 0.3) is 0 Å². The number of nitrogens with zero attached hydrogens (tertiary/aromatic N) is 1. The van der Waals surface area contributed by atoms with Gasteiger partial charge in [-0.15, -0.1) is 0 Å². The Balaban J connectivity index is 3.58. The Kier molecular flexibility index (Phi) is 5.56. The van der Waals surface area contributed by atoms with E-state index in [0.29, 0.717) is 5.41 Å². The van der Waals surface area contributed by atoms with E-state index < -0.39 is 0 Å². The van der Waals surface area contributed by atoms with Gasteiger partial charge >= 0.3 is 0 Å². The van der Waals surface area contributed by atoms with Crippen molar-refractivity contribution in [2.24, 2.45) is 5.41 Å². The van der Waals surface area contributed by atoms with Crippen molar-refractivity contribution in [3.8, 4) is 0 Å². The monoisotopic (exact) mass is 171 g/mol. The molecule has 0 saturated carbocycles. The minimum Gasteiger partial charge on any atom is -0.304 e. The maximum Gasteiger partial charge on any atom is -0.00139 e. The molecule has 1 heteroatoms. The van der Waals surface area contributed by atoms with E-state index in [0.717, 1.165) is 0 Å². The van der Waals surface area contributed by atoms with E-state index in [1.165, 1.54) is 32.5 Å². The summed E-state index contributed by atoms with van der Waals surface area (Å²) in [5.74, 6) is 0. The van der Waals surface area contributed by atoms with Crippen LogP contribution in [0, 0.1) is 5.41 Å². The molecule has 0 heterocycles. The van der Waals surface area contributed by atoms with E-state index >= 15 is 0 Å².